The van der Waals surface area contributed by atoms with Crippen molar-refractivity contribution in [1.29, 1.82) is 0 Å². The normalized spacial score (nSPS) is 12.4. The number of nitrogens with zero attached hydrogens (tertiary/aromatic N) is 1. The van der Waals surface area contributed by atoms with Gasteiger partial charge in [-0.15, -0.1) is 0 Å². The van der Waals surface area contributed by atoms with Crippen LogP contribution >= 0.6 is 12.2 Å². The standard InChI is InChI=1S/C29H28N2O2S/c1-29(2,3)23-15-13-22(14-16-23)27(33)26(31-17-7-8-20(18-31)19-32)28(34)30-25-12-6-10-21-9-4-5-11-24(21)25/h4-18,32H,19H2,1-3H3,(H-,30,33,34)/p+1. The Morgan fingerprint density at radius 1 is 0.912 bits per heavy atom. The summed E-state index contributed by atoms with van der Waals surface area (Å²) in [5, 5.41) is 26.5. The third-order valence-corrected chi connectivity index (χ3v) is 6.10. The molecule has 4 rings (SSSR count). The minimum atomic E-state index is -0.112. The lowest BCUT2D eigenvalue weighted by atomic mass is 9.86. The van der Waals surface area contributed by atoms with Gasteiger partial charge in [0.15, 0.2) is 23.1 Å². The van der Waals surface area contributed by atoms with Gasteiger partial charge in [0.05, 0.1) is 6.61 Å². The van der Waals surface area contributed by atoms with Gasteiger partial charge in [0, 0.05) is 28.3 Å². The molecular weight excluding hydrogens is 440 g/mol. The van der Waals surface area contributed by atoms with Crippen LogP contribution in [0, 0.1) is 0 Å². The third kappa shape index (κ3) is 5.01. The molecule has 5 heteroatoms. The smallest absolute Gasteiger partial charge is 0.288 e. The molecular formula is C29H29N2O2S+. The van der Waals surface area contributed by atoms with Gasteiger partial charge in [-0.3, -0.25) is 0 Å². The van der Waals surface area contributed by atoms with Crippen LogP contribution in [0.25, 0.3) is 22.2 Å². The summed E-state index contributed by atoms with van der Waals surface area (Å²) in [5.41, 5.74) is 3.85. The van der Waals surface area contributed by atoms with Gasteiger partial charge in [-0.05, 0) is 28.5 Å². The molecule has 0 aliphatic rings. The maximum atomic E-state index is 11.4. The largest absolute Gasteiger partial charge is 0.502 e. The average Bonchev–Trinajstić information content (AvgIpc) is 2.84. The van der Waals surface area contributed by atoms with Crippen molar-refractivity contribution in [3.63, 3.8) is 0 Å². The number of rotatable bonds is 5. The number of benzene rings is 3. The van der Waals surface area contributed by atoms with E-state index in [0.717, 1.165) is 16.5 Å². The molecule has 4 aromatic rings. The summed E-state index contributed by atoms with van der Waals surface area (Å²) in [6.07, 6.45) is 3.58. The number of pyridine rings is 1. The van der Waals surface area contributed by atoms with E-state index in [-0.39, 0.29) is 17.8 Å². The summed E-state index contributed by atoms with van der Waals surface area (Å²) >= 11 is 5.83. The van der Waals surface area contributed by atoms with Gasteiger partial charge in [-0.25, -0.2) is 0 Å². The minimum Gasteiger partial charge on any atom is -0.502 e. The van der Waals surface area contributed by atoms with E-state index < -0.39 is 0 Å². The molecule has 0 aliphatic carbocycles. The van der Waals surface area contributed by atoms with Gasteiger partial charge in [0.2, 0.25) is 0 Å². The van der Waals surface area contributed by atoms with E-state index in [1.165, 1.54) is 5.56 Å². The number of aliphatic hydroxyl groups is 2. The SMILES string of the molecule is CC(C)(C)c1ccc(/C(O)=C(/C(=S)Nc2cccc3ccccc23)[n+]2cccc(CO)c2)cc1. The fraction of sp³-hybridized carbons (Fsp3) is 0.172. The van der Waals surface area contributed by atoms with Gasteiger partial charge >= 0.3 is 0 Å². The highest BCUT2D eigenvalue weighted by Crippen LogP contribution is 2.27. The van der Waals surface area contributed by atoms with Crippen LogP contribution in [-0.2, 0) is 12.0 Å². The summed E-state index contributed by atoms with van der Waals surface area (Å²) < 4.78 is 1.75. The van der Waals surface area contributed by atoms with Crippen molar-refractivity contribution in [1.82, 2.24) is 0 Å². The number of hydrogen-bond acceptors (Lipinski definition) is 3. The maximum Gasteiger partial charge on any atom is 0.288 e. The molecule has 3 aromatic carbocycles. The molecule has 0 saturated heterocycles. The molecule has 1 heterocycles. The molecule has 1 aromatic heterocycles. The number of hydrogen-bond donors (Lipinski definition) is 3. The van der Waals surface area contributed by atoms with Crippen molar-refractivity contribution >= 4 is 45.1 Å². The number of anilines is 1. The number of thiocarbonyl (C=S) groups is 1. The van der Waals surface area contributed by atoms with Gasteiger partial charge in [0.1, 0.15) is 0 Å². The predicted octanol–water partition coefficient (Wildman–Crippen LogP) is 6.24. The summed E-state index contributed by atoms with van der Waals surface area (Å²) in [5.74, 6) is 0.0540. The molecule has 34 heavy (non-hydrogen) atoms. The molecule has 0 amide bonds. The molecule has 0 bridgehead atoms. The molecule has 0 radical (unpaired) electrons. The molecule has 0 unspecified atom stereocenters. The van der Waals surface area contributed by atoms with Crippen molar-refractivity contribution in [2.24, 2.45) is 0 Å². The van der Waals surface area contributed by atoms with Crippen LogP contribution in [0.4, 0.5) is 5.69 Å². The van der Waals surface area contributed by atoms with Crippen LogP contribution in [0.2, 0.25) is 0 Å². The first-order valence-electron chi connectivity index (χ1n) is 11.2. The van der Waals surface area contributed by atoms with Gasteiger partial charge in [-0.2, -0.15) is 4.57 Å². The lowest BCUT2D eigenvalue weighted by molar-refractivity contribution is -0.576. The van der Waals surface area contributed by atoms with Crippen LogP contribution < -0.4 is 9.88 Å². The fourth-order valence-corrected chi connectivity index (χ4v) is 4.20. The zero-order valence-corrected chi connectivity index (χ0v) is 20.4. The van der Waals surface area contributed by atoms with Gasteiger partial charge in [-0.1, -0.05) is 93.7 Å². The number of aliphatic hydroxyl groups excluding tert-OH is 2. The summed E-state index contributed by atoms with van der Waals surface area (Å²) in [6.45, 7) is 6.35. The number of nitrogens with one attached hydrogen (secondary N) is 1. The predicted molar refractivity (Wildman–Crippen MR) is 144 cm³/mol. The molecule has 0 saturated carbocycles. The van der Waals surface area contributed by atoms with Crippen LogP contribution in [-0.4, -0.2) is 15.2 Å². The summed E-state index contributed by atoms with van der Waals surface area (Å²) in [7, 11) is 0. The lowest BCUT2D eigenvalue weighted by Gasteiger charge is -2.19. The Morgan fingerprint density at radius 3 is 2.32 bits per heavy atom. The molecule has 3 N–H and O–H groups in total. The van der Waals surface area contributed by atoms with Crippen LogP contribution in [0.15, 0.2) is 91.3 Å². The van der Waals surface area contributed by atoms with E-state index in [0.29, 0.717) is 21.8 Å². The van der Waals surface area contributed by atoms with Crippen molar-refractivity contribution in [2.75, 3.05) is 5.32 Å². The third-order valence-electron chi connectivity index (χ3n) is 5.80. The fourth-order valence-electron chi connectivity index (χ4n) is 3.88. The van der Waals surface area contributed by atoms with E-state index >= 15 is 0 Å². The minimum absolute atomic E-state index is 0.0100. The molecule has 4 nitrogen and oxygen atoms in total. The Hall–Kier alpha value is -3.54. The van der Waals surface area contributed by atoms with Gasteiger partial charge < -0.3 is 15.5 Å². The molecule has 0 fully saturated rings. The Bertz CT molecular complexity index is 1360. The Balaban J connectivity index is 1.81. The molecule has 0 aliphatic heterocycles. The summed E-state index contributed by atoms with van der Waals surface area (Å²) in [4.78, 5) is 0.369. The molecule has 0 atom stereocenters. The first-order chi connectivity index (χ1) is 16.3. The first kappa shape index (κ1) is 23.6. The van der Waals surface area contributed by atoms with E-state index in [9.17, 15) is 10.2 Å². The average molecular weight is 470 g/mol. The highest BCUT2D eigenvalue weighted by molar-refractivity contribution is 7.81. The summed E-state index contributed by atoms with van der Waals surface area (Å²) in [6, 6.07) is 25.6. The van der Waals surface area contributed by atoms with Crippen molar-refractivity contribution in [2.45, 2.75) is 32.8 Å². The zero-order chi connectivity index (χ0) is 24.3. The second-order valence-electron chi connectivity index (χ2n) is 9.28. The molecule has 172 valence electrons. The zero-order valence-electron chi connectivity index (χ0n) is 19.6. The Kier molecular flexibility index (Phi) is 6.77. The Labute approximate surface area is 205 Å². The first-order valence-corrected chi connectivity index (χ1v) is 11.6. The highest BCUT2D eigenvalue weighted by Gasteiger charge is 2.25. The van der Waals surface area contributed by atoms with E-state index in [1.54, 1.807) is 10.8 Å². The van der Waals surface area contributed by atoms with E-state index in [1.807, 2.05) is 85.1 Å². The monoisotopic (exact) mass is 469 g/mol. The van der Waals surface area contributed by atoms with Crippen LogP contribution in [0.5, 0.6) is 0 Å². The van der Waals surface area contributed by atoms with Crippen LogP contribution in [0.1, 0.15) is 37.5 Å². The van der Waals surface area contributed by atoms with Crippen molar-refractivity contribution in [3.05, 3.63) is 108 Å². The van der Waals surface area contributed by atoms with Crippen molar-refractivity contribution in [3.8, 4) is 0 Å². The van der Waals surface area contributed by atoms with Crippen LogP contribution in [0.3, 0.4) is 0 Å². The number of aromatic nitrogens is 1. The maximum absolute atomic E-state index is 11.4. The molecule has 0 spiro atoms. The quantitative estimate of drug-likeness (QED) is 0.140. The van der Waals surface area contributed by atoms with E-state index in [4.69, 9.17) is 12.2 Å². The lowest BCUT2D eigenvalue weighted by Crippen LogP contribution is -2.39. The second-order valence-corrected chi connectivity index (χ2v) is 9.69. The number of fused-ring (bicyclic) bond motifs is 1. The topological polar surface area (TPSA) is 56.4 Å². The van der Waals surface area contributed by atoms with E-state index in [2.05, 4.69) is 26.1 Å². The Morgan fingerprint density at radius 2 is 1.62 bits per heavy atom. The highest BCUT2D eigenvalue weighted by atomic mass is 32.1. The second kappa shape index (κ2) is 9.75. The van der Waals surface area contributed by atoms with Crippen molar-refractivity contribution < 1.29 is 14.8 Å². The van der Waals surface area contributed by atoms with Gasteiger partial charge in [0.25, 0.3) is 5.70 Å².